The van der Waals surface area contributed by atoms with Crippen molar-refractivity contribution >= 4 is 19.8 Å². The van der Waals surface area contributed by atoms with Crippen LogP contribution in [0.5, 0.6) is 0 Å². The second-order valence-corrected chi connectivity index (χ2v) is 17.4. The number of carbonyl (C=O) groups excluding carboxylic acids is 2. The molecule has 0 aliphatic rings. The third-order valence-electron chi connectivity index (χ3n) is 10.5. The molecule has 0 saturated carbocycles. The zero-order chi connectivity index (χ0) is 40.3. The van der Waals surface area contributed by atoms with E-state index in [0.717, 1.165) is 32.1 Å². The summed E-state index contributed by atoms with van der Waals surface area (Å²) < 4.78 is 32.8. The Balaban J connectivity index is 4.00. The van der Waals surface area contributed by atoms with Crippen molar-refractivity contribution in [2.45, 2.75) is 251 Å². The van der Waals surface area contributed by atoms with Crippen LogP contribution in [-0.4, -0.2) is 49.3 Å². The van der Waals surface area contributed by atoms with Gasteiger partial charge in [0.2, 0.25) is 0 Å². The molecule has 0 spiro atoms. The zero-order valence-corrected chi connectivity index (χ0v) is 37.1. The molecule has 0 radical (unpaired) electrons. The Hall–Kier alpha value is -0.990. The Morgan fingerprint density at radius 2 is 0.782 bits per heavy atom. The first-order valence-electron chi connectivity index (χ1n) is 23.5. The predicted octanol–water partition coefficient (Wildman–Crippen LogP) is 13.6. The van der Waals surface area contributed by atoms with Crippen LogP contribution in [0.25, 0.3) is 0 Å². The summed E-state index contributed by atoms with van der Waals surface area (Å²) in [4.78, 5) is 34.9. The van der Waals surface area contributed by atoms with Gasteiger partial charge in [-0.05, 0) is 12.8 Å². The molecule has 0 amide bonds. The molecule has 0 bridgehead atoms. The van der Waals surface area contributed by atoms with Gasteiger partial charge in [-0.1, -0.05) is 219 Å². The SMILES string of the molecule is CCCCCCCCCCCCCCCCCCCCCCCC(=O)OCC(COP(=O)(O)OCCN)OC(=O)CCCCCCCCCCCCCCC. The van der Waals surface area contributed by atoms with Gasteiger partial charge in [-0.3, -0.25) is 18.6 Å². The number of phosphoric acid groups is 1. The van der Waals surface area contributed by atoms with E-state index < -0.39 is 26.5 Å². The minimum atomic E-state index is -4.37. The summed E-state index contributed by atoms with van der Waals surface area (Å²) in [6, 6.07) is 0. The number of hydrogen-bond acceptors (Lipinski definition) is 8. The second-order valence-electron chi connectivity index (χ2n) is 16.0. The molecule has 9 nitrogen and oxygen atoms in total. The van der Waals surface area contributed by atoms with Crippen molar-refractivity contribution in [1.82, 2.24) is 0 Å². The molecule has 0 aromatic rings. The third kappa shape index (κ3) is 42.4. The first-order valence-corrected chi connectivity index (χ1v) is 25.0. The average Bonchev–Trinajstić information content (AvgIpc) is 3.17. The number of esters is 2. The number of ether oxygens (including phenoxy) is 2. The Kier molecular flexibility index (Phi) is 41.8. The van der Waals surface area contributed by atoms with Crippen LogP contribution in [0.1, 0.15) is 245 Å². The fraction of sp³-hybridized carbons (Fsp3) is 0.956. The summed E-state index contributed by atoms with van der Waals surface area (Å²) in [5, 5.41) is 0. The molecule has 0 aromatic carbocycles. The van der Waals surface area contributed by atoms with E-state index >= 15 is 0 Å². The van der Waals surface area contributed by atoms with Gasteiger partial charge in [-0.25, -0.2) is 4.57 Å². The van der Waals surface area contributed by atoms with Crippen LogP contribution >= 0.6 is 7.82 Å². The topological polar surface area (TPSA) is 134 Å². The molecule has 10 heteroatoms. The molecule has 0 rings (SSSR count). The van der Waals surface area contributed by atoms with E-state index in [1.807, 2.05) is 0 Å². The molecular weight excluding hydrogens is 713 g/mol. The molecule has 0 heterocycles. The van der Waals surface area contributed by atoms with Crippen molar-refractivity contribution in [2.75, 3.05) is 26.4 Å². The van der Waals surface area contributed by atoms with Gasteiger partial charge in [-0.15, -0.1) is 0 Å². The Bertz CT molecular complexity index is 876. The molecule has 0 fully saturated rings. The zero-order valence-electron chi connectivity index (χ0n) is 36.2. The lowest BCUT2D eigenvalue weighted by Crippen LogP contribution is -2.29. The predicted molar refractivity (Wildman–Crippen MR) is 229 cm³/mol. The van der Waals surface area contributed by atoms with Gasteiger partial charge in [0.05, 0.1) is 13.2 Å². The molecule has 0 aliphatic carbocycles. The molecule has 0 saturated heterocycles. The molecule has 2 unspecified atom stereocenters. The van der Waals surface area contributed by atoms with Crippen molar-refractivity contribution in [3.8, 4) is 0 Å². The Morgan fingerprint density at radius 3 is 1.11 bits per heavy atom. The Labute approximate surface area is 339 Å². The summed E-state index contributed by atoms with van der Waals surface area (Å²) >= 11 is 0. The van der Waals surface area contributed by atoms with Gasteiger partial charge in [0.15, 0.2) is 6.10 Å². The number of rotatable bonds is 45. The molecule has 2 atom stereocenters. The Morgan fingerprint density at radius 1 is 0.473 bits per heavy atom. The van der Waals surface area contributed by atoms with Crippen LogP contribution in [0.2, 0.25) is 0 Å². The molecular formula is C45H90NO8P. The first-order chi connectivity index (χ1) is 26.8. The fourth-order valence-electron chi connectivity index (χ4n) is 6.99. The van der Waals surface area contributed by atoms with E-state index in [1.165, 1.54) is 180 Å². The van der Waals surface area contributed by atoms with Gasteiger partial charge in [0.1, 0.15) is 6.61 Å². The van der Waals surface area contributed by atoms with Gasteiger partial charge in [0, 0.05) is 19.4 Å². The molecule has 3 N–H and O–H groups in total. The highest BCUT2D eigenvalue weighted by Crippen LogP contribution is 2.43. The van der Waals surface area contributed by atoms with E-state index in [0.29, 0.717) is 6.42 Å². The summed E-state index contributed by atoms with van der Waals surface area (Å²) in [5.41, 5.74) is 5.35. The van der Waals surface area contributed by atoms with Crippen molar-refractivity contribution < 1.29 is 37.6 Å². The van der Waals surface area contributed by atoms with Gasteiger partial charge < -0.3 is 20.1 Å². The molecule has 0 aliphatic heterocycles. The normalized spacial score (nSPS) is 13.2. The van der Waals surface area contributed by atoms with Gasteiger partial charge >= 0.3 is 19.8 Å². The van der Waals surface area contributed by atoms with E-state index in [2.05, 4.69) is 13.8 Å². The monoisotopic (exact) mass is 804 g/mol. The fourth-order valence-corrected chi connectivity index (χ4v) is 7.76. The van der Waals surface area contributed by atoms with E-state index in [-0.39, 0.29) is 38.6 Å². The lowest BCUT2D eigenvalue weighted by atomic mass is 10.0. The van der Waals surface area contributed by atoms with E-state index in [1.54, 1.807) is 0 Å². The van der Waals surface area contributed by atoms with Gasteiger partial charge in [-0.2, -0.15) is 0 Å². The number of carbonyl (C=O) groups is 2. The standard InChI is InChI=1S/C45H90NO8P/c1-3-5-7-9-11-13-15-17-18-19-20-21-22-23-24-26-27-29-31-33-35-37-44(47)51-41-43(42-53-55(49,50)52-40-39-46)54-45(48)38-36-34-32-30-28-25-16-14-12-10-8-6-4-2/h43H,3-42,46H2,1-2H3,(H,49,50). The van der Waals surface area contributed by atoms with Crippen LogP contribution in [0.4, 0.5) is 0 Å². The number of hydrogen-bond donors (Lipinski definition) is 2. The minimum Gasteiger partial charge on any atom is -0.462 e. The highest BCUT2D eigenvalue weighted by atomic mass is 31.2. The van der Waals surface area contributed by atoms with Crippen molar-refractivity contribution in [1.29, 1.82) is 0 Å². The molecule has 0 aromatic heterocycles. The maximum absolute atomic E-state index is 12.6. The summed E-state index contributed by atoms with van der Waals surface area (Å²) in [6.45, 7) is 3.78. The quantitative estimate of drug-likeness (QED) is 0.0350. The van der Waals surface area contributed by atoms with Crippen molar-refractivity contribution in [3.63, 3.8) is 0 Å². The van der Waals surface area contributed by atoms with Crippen LogP contribution in [-0.2, 0) is 32.7 Å². The average molecular weight is 804 g/mol. The molecule has 55 heavy (non-hydrogen) atoms. The van der Waals surface area contributed by atoms with Gasteiger partial charge in [0.25, 0.3) is 0 Å². The van der Waals surface area contributed by atoms with Crippen LogP contribution < -0.4 is 5.73 Å². The maximum Gasteiger partial charge on any atom is 0.472 e. The number of nitrogens with two attached hydrogens (primary N) is 1. The first kappa shape index (κ1) is 54.0. The lowest BCUT2D eigenvalue weighted by molar-refractivity contribution is -0.161. The van der Waals surface area contributed by atoms with E-state index in [4.69, 9.17) is 24.3 Å². The van der Waals surface area contributed by atoms with Crippen LogP contribution in [0, 0.1) is 0 Å². The highest BCUT2D eigenvalue weighted by Gasteiger charge is 2.26. The van der Waals surface area contributed by atoms with Crippen LogP contribution in [0.3, 0.4) is 0 Å². The smallest absolute Gasteiger partial charge is 0.462 e. The van der Waals surface area contributed by atoms with Crippen LogP contribution in [0.15, 0.2) is 0 Å². The maximum atomic E-state index is 12.6. The highest BCUT2D eigenvalue weighted by molar-refractivity contribution is 7.47. The van der Waals surface area contributed by atoms with Crippen molar-refractivity contribution in [3.05, 3.63) is 0 Å². The summed E-state index contributed by atoms with van der Waals surface area (Å²) in [5.74, 6) is -0.811. The van der Waals surface area contributed by atoms with E-state index in [9.17, 15) is 19.0 Å². The van der Waals surface area contributed by atoms with Crippen molar-refractivity contribution in [2.24, 2.45) is 5.73 Å². The second kappa shape index (κ2) is 42.6. The third-order valence-corrected chi connectivity index (χ3v) is 11.5. The lowest BCUT2D eigenvalue weighted by Gasteiger charge is -2.19. The molecule has 328 valence electrons. The largest absolute Gasteiger partial charge is 0.472 e. The number of unbranched alkanes of at least 4 members (excludes halogenated alkanes) is 32. The summed E-state index contributed by atoms with van der Waals surface area (Å²) in [7, 11) is -4.37. The summed E-state index contributed by atoms with van der Waals surface area (Å²) in [6.07, 6.45) is 42.8. The minimum absolute atomic E-state index is 0.0581. The number of phosphoric ester groups is 1.